The molecule has 0 fully saturated rings. The summed E-state index contributed by atoms with van der Waals surface area (Å²) in [5.74, 6) is -7.29. The van der Waals surface area contributed by atoms with Crippen molar-refractivity contribution in [3.8, 4) is 11.1 Å². The zero-order valence-electron chi connectivity index (χ0n) is 9.48. The minimum atomic E-state index is -2.01. The van der Waals surface area contributed by atoms with Crippen molar-refractivity contribution in [3.05, 3.63) is 54.4 Å². The second-order valence-electron chi connectivity index (χ2n) is 3.79. The summed E-state index contributed by atoms with van der Waals surface area (Å²) in [5, 5.41) is -1.53. The fraction of sp³-hybridized carbons (Fsp3) is 0. The molecule has 0 nitrogen and oxygen atoms in total. The minimum absolute atomic E-state index is 0.208. The molecule has 2 aromatic rings. The van der Waals surface area contributed by atoms with Crippen molar-refractivity contribution in [1.29, 1.82) is 0 Å². The third-order valence-corrected chi connectivity index (χ3v) is 4.86. The molecule has 0 aliphatic rings. The first-order valence-electron chi connectivity index (χ1n) is 5.03. The second-order valence-corrected chi connectivity index (χ2v) is 5.68. The molecule has 0 amide bonds. The highest BCUT2D eigenvalue weighted by Gasteiger charge is 2.26. The molecule has 0 heterocycles. The Morgan fingerprint density at radius 1 is 0.571 bits per heavy atom. The maximum absolute atomic E-state index is 13.8. The minimum Gasteiger partial charge on any atom is -0.204 e. The first-order chi connectivity index (χ1) is 9.68. The number of hydrogen-bond donors (Lipinski definition) is 0. The van der Waals surface area contributed by atoms with E-state index in [1.807, 2.05) is 0 Å². The van der Waals surface area contributed by atoms with E-state index in [-0.39, 0.29) is 25.1 Å². The molecule has 9 heteroatoms. The van der Waals surface area contributed by atoms with E-state index in [2.05, 4.69) is 0 Å². The molecule has 0 unspecified atom stereocenters. The number of rotatable bonds is 1. The Hall–Kier alpha value is -0.390. The van der Waals surface area contributed by atoms with Crippen LogP contribution in [0.1, 0.15) is 0 Å². The van der Waals surface area contributed by atoms with Crippen LogP contribution in [-0.2, 0) is 0 Å². The van der Waals surface area contributed by atoms with Gasteiger partial charge in [-0.3, -0.25) is 0 Å². The molecule has 21 heavy (non-hydrogen) atoms. The van der Waals surface area contributed by atoms with Gasteiger partial charge in [-0.1, -0.05) is 58.0 Å². The van der Waals surface area contributed by atoms with Crippen molar-refractivity contribution in [2.75, 3.05) is 0 Å². The largest absolute Gasteiger partial charge is 0.204 e. The Morgan fingerprint density at radius 3 is 1.48 bits per heavy atom. The fourth-order valence-corrected chi connectivity index (χ4v) is 2.94. The highest BCUT2D eigenvalue weighted by atomic mass is 35.5. The Labute approximate surface area is 141 Å². The summed E-state index contributed by atoms with van der Waals surface area (Å²) in [7, 11) is 0. The van der Waals surface area contributed by atoms with E-state index in [1.165, 1.54) is 0 Å². The predicted octanol–water partition coefficient (Wildman–Crippen LogP) is 7.18. The molecule has 2 aromatic carbocycles. The van der Waals surface area contributed by atoms with E-state index in [9.17, 15) is 17.6 Å². The van der Waals surface area contributed by atoms with Crippen LogP contribution in [0.15, 0.2) is 6.07 Å². The van der Waals surface area contributed by atoms with Crippen LogP contribution in [-0.4, -0.2) is 0 Å². The van der Waals surface area contributed by atoms with Gasteiger partial charge in [0.2, 0.25) is 0 Å². The average molecular weight is 398 g/mol. The molecule has 0 aliphatic heterocycles. The zero-order valence-corrected chi connectivity index (χ0v) is 13.3. The van der Waals surface area contributed by atoms with Gasteiger partial charge >= 0.3 is 0 Å². The molecule has 0 saturated heterocycles. The van der Waals surface area contributed by atoms with Crippen molar-refractivity contribution < 1.29 is 17.6 Å². The lowest BCUT2D eigenvalue weighted by Crippen LogP contribution is -2.00. The molecule has 0 bridgehead atoms. The van der Waals surface area contributed by atoms with Gasteiger partial charge in [-0.25, -0.2) is 17.6 Å². The van der Waals surface area contributed by atoms with Crippen LogP contribution in [0.3, 0.4) is 0 Å². The summed E-state index contributed by atoms with van der Waals surface area (Å²) in [5.41, 5.74) is -1.13. The summed E-state index contributed by atoms with van der Waals surface area (Å²) in [4.78, 5) is 0. The van der Waals surface area contributed by atoms with Crippen LogP contribution in [0.25, 0.3) is 11.1 Å². The smallest absolute Gasteiger partial charge is 0.198 e. The Morgan fingerprint density at radius 2 is 1.00 bits per heavy atom. The SMILES string of the molecule is Fc1cc(-c2c(Cl)c(Cl)c(Cl)c(Cl)c2Cl)c(F)c(F)c1F. The van der Waals surface area contributed by atoms with Crippen LogP contribution < -0.4 is 0 Å². The molecule has 112 valence electrons. The van der Waals surface area contributed by atoms with E-state index in [0.717, 1.165) is 0 Å². The first kappa shape index (κ1) is 17.0. The van der Waals surface area contributed by atoms with Gasteiger partial charge in [-0.15, -0.1) is 0 Å². The van der Waals surface area contributed by atoms with E-state index in [4.69, 9.17) is 58.0 Å². The van der Waals surface area contributed by atoms with Gasteiger partial charge in [0.1, 0.15) is 0 Å². The van der Waals surface area contributed by atoms with Gasteiger partial charge < -0.3 is 0 Å². The molecule has 0 radical (unpaired) electrons. The Bertz CT molecular complexity index is 731. The predicted molar refractivity (Wildman–Crippen MR) is 76.8 cm³/mol. The van der Waals surface area contributed by atoms with E-state index in [0.29, 0.717) is 6.07 Å². The molecular formula is C12HCl5F4. The lowest BCUT2D eigenvalue weighted by Gasteiger charge is -2.14. The molecule has 0 aromatic heterocycles. The van der Waals surface area contributed by atoms with Gasteiger partial charge in [0, 0.05) is 11.1 Å². The van der Waals surface area contributed by atoms with E-state index >= 15 is 0 Å². The lowest BCUT2D eigenvalue weighted by atomic mass is 10.0. The van der Waals surface area contributed by atoms with Gasteiger partial charge in [-0.05, 0) is 6.07 Å². The molecular weight excluding hydrogens is 397 g/mol. The third-order valence-electron chi connectivity index (χ3n) is 2.58. The van der Waals surface area contributed by atoms with Crippen LogP contribution in [0.4, 0.5) is 17.6 Å². The van der Waals surface area contributed by atoms with E-state index in [1.54, 1.807) is 0 Å². The quantitative estimate of drug-likeness (QED) is 0.271. The molecule has 2 rings (SSSR count). The standard InChI is InChI=1S/C12HCl5F4/c13-5-4(6(14)8(16)9(17)7(5)15)2-1-3(18)11(20)12(21)10(2)19/h1H. The molecule has 0 saturated carbocycles. The normalized spacial score (nSPS) is 11.1. The lowest BCUT2D eigenvalue weighted by molar-refractivity contribution is 0.411. The highest BCUT2D eigenvalue weighted by molar-refractivity contribution is 6.56. The summed E-state index contributed by atoms with van der Waals surface area (Å²) in [6.07, 6.45) is 0. The van der Waals surface area contributed by atoms with Gasteiger partial charge in [0.05, 0.1) is 25.1 Å². The fourth-order valence-electron chi connectivity index (χ4n) is 1.60. The Kier molecular flexibility index (Phi) is 4.86. The average Bonchev–Trinajstić information content (AvgIpc) is 2.46. The van der Waals surface area contributed by atoms with Crippen molar-refractivity contribution in [2.24, 2.45) is 0 Å². The number of benzene rings is 2. The monoisotopic (exact) mass is 396 g/mol. The van der Waals surface area contributed by atoms with Gasteiger partial charge in [0.25, 0.3) is 0 Å². The second kappa shape index (κ2) is 6.01. The zero-order chi connectivity index (χ0) is 16.1. The molecule has 0 atom stereocenters. The van der Waals surface area contributed by atoms with E-state index < -0.39 is 34.4 Å². The first-order valence-corrected chi connectivity index (χ1v) is 6.92. The van der Waals surface area contributed by atoms with Crippen molar-refractivity contribution in [1.82, 2.24) is 0 Å². The summed E-state index contributed by atoms with van der Waals surface area (Å²) < 4.78 is 53.4. The molecule has 0 spiro atoms. The molecule has 0 aliphatic carbocycles. The van der Waals surface area contributed by atoms with Crippen molar-refractivity contribution in [3.63, 3.8) is 0 Å². The third kappa shape index (κ3) is 2.68. The summed E-state index contributed by atoms with van der Waals surface area (Å²) >= 11 is 29.0. The van der Waals surface area contributed by atoms with Crippen LogP contribution in [0.2, 0.25) is 25.1 Å². The van der Waals surface area contributed by atoms with Crippen molar-refractivity contribution >= 4 is 58.0 Å². The van der Waals surface area contributed by atoms with Crippen LogP contribution in [0.5, 0.6) is 0 Å². The number of hydrogen-bond acceptors (Lipinski definition) is 0. The summed E-state index contributed by atoms with van der Waals surface area (Å²) in [6.45, 7) is 0. The van der Waals surface area contributed by atoms with Crippen molar-refractivity contribution in [2.45, 2.75) is 0 Å². The van der Waals surface area contributed by atoms with Gasteiger partial charge in [0.15, 0.2) is 23.3 Å². The van der Waals surface area contributed by atoms with Crippen LogP contribution in [0, 0.1) is 23.3 Å². The van der Waals surface area contributed by atoms with Gasteiger partial charge in [-0.2, -0.15) is 0 Å². The highest BCUT2D eigenvalue weighted by Crippen LogP contribution is 2.49. The summed E-state index contributed by atoms with van der Waals surface area (Å²) in [6, 6.07) is 0.390. The maximum Gasteiger partial charge on any atom is 0.198 e. The number of halogens is 9. The maximum atomic E-state index is 13.8. The topological polar surface area (TPSA) is 0 Å². The molecule has 0 N–H and O–H groups in total. The Balaban J connectivity index is 2.93. The van der Waals surface area contributed by atoms with Crippen LogP contribution >= 0.6 is 58.0 Å².